The number of fused-ring (bicyclic) bond motifs is 1. The van der Waals surface area contributed by atoms with Crippen LogP contribution in [0, 0.1) is 10.1 Å². The van der Waals surface area contributed by atoms with E-state index < -0.39 is 4.92 Å². The van der Waals surface area contributed by atoms with Gasteiger partial charge in [-0.05, 0) is 18.2 Å². The predicted molar refractivity (Wildman–Crippen MR) is 77.8 cm³/mol. The third-order valence-electron chi connectivity index (χ3n) is 2.88. The van der Waals surface area contributed by atoms with Crippen LogP contribution in [0.2, 0.25) is 0 Å². The molecule has 2 heterocycles. The van der Waals surface area contributed by atoms with Crippen LogP contribution in [0.1, 0.15) is 4.88 Å². The molecule has 3 rings (SSSR count). The molecular weight excluding hydrogens is 276 g/mol. The quantitative estimate of drug-likeness (QED) is 0.588. The molecule has 3 aromatic rings. The molecule has 0 atom stereocenters. The zero-order chi connectivity index (χ0) is 13.9. The van der Waals surface area contributed by atoms with Gasteiger partial charge in [-0.25, -0.2) is 0 Å². The van der Waals surface area contributed by atoms with Gasteiger partial charge in [-0.1, -0.05) is 0 Å². The molecule has 2 aromatic heterocycles. The summed E-state index contributed by atoms with van der Waals surface area (Å²) in [5.74, 6) is 0. The molecule has 0 saturated heterocycles. The fourth-order valence-electron chi connectivity index (χ4n) is 1.97. The number of nitro groups is 1. The van der Waals surface area contributed by atoms with Crippen molar-refractivity contribution in [3.05, 3.63) is 57.2 Å². The summed E-state index contributed by atoms with van der Waals surface area (Å²) in [4.78, 5) is 20.0. The summed E-state index contributed by atoms with van der Waals surface area (Å²) in [7, 11) is 0. The molecule has 1 N–H and O–H groups in total. The average molecular weight is 286 g/mol. The second kappa shape index (κ2) is 5.22. The zero-order valence-corrected chi connectivity index (χ0v) is 11.1. The van der Waals surface area contributed by atoms with Gasteiger partial charge in [0, 0.05) is 23.3 Å². The molecule has 0 bridgehead atoms. The van der Waals surface area contributed by atoms with Crippen LogP contribution >= 0.6 is 11.3 Å². The molecule has 20 heavy (non-hydrogen) atoms. The Kier molecular flexibility index (Phi) is 3.26. The molecule has 100 valence electrons. The van der Waals surface area contributed by atoms with Crippen LogP contribution in [-0.4, -0.2) is 14.9 Å². The van der Waals surface area contributed by atoms with Gasteiger partial charge in [0.05, 0.1) is 28.1 Å². The van der Waals surface area contributed by atoms with Gasteiger partial charge in [0.2, 0.25) is 0 Å². The van der Waals surface area contributed by atoms with Crippen LogP contribution in [0.5, 0.6) is 0 Å². The third-order valence-corrected chi connectivity index (χ3v) is 3.66. The minimum Gasteiger partial charge on any atom is -0.378 e. The predicted octanol–water partition coefficient (Wildman–Crippen LogP) is 3.21. The highest BCUT2D eigenvalue weighted by Gasteiger charge is 2.14. The molecule has 7 heteroatoms. The van der Waals surface area contributed by atoms with Gasteiger partial charge in [0.15, 0.2) is 0 Å². The highest BCUT2D eigenvalue weighted by atomic mass is 32.1. The van der Waals surface area contributed by atoms with Crippen molar-refractivity contribution in [1.29, 1.82) is 0 Å². The first-order chi connectivity index (χ1) is 9.75. The number of aromatic nitrogens is 2. The molecule has 1 aromatic carbocycles. The molecule has 0 aliphatic heterocycles. The van der Waals surface area contributed by atoms with Crippen molar-refractivity contribution in [2.24, 2.45) is 0 Å². The Labute approximate surface area is 118 Å². The number of benzene rings is 1. The van der Waals surface area contributed by atoms with Crippen LogP contribution in [0.4, 0.5) is 11.4 Å². The summed E-state index contributed by atoms with van der Waals surface area (Å²) >= 11 is 1.55. The lowest BCUT2D eigenvalue weighted by atomic mass is 10.1. The zero-order valence-electron chi connectivity index (χ0n) is 10.3. The maximum absolute atomic E-state index is 11.0. The van der Waals surface area contributed by atoms with Gasteiger partial charge in [-0.2, -0.15) is 0 Å². The Hall–Kier alpha value is -2.54. The summed E-state index contributed by atoms with van der Waals surface area (Å²) < 4.78 is 0. The molecule has 0 spiro atoms. The van der Waals surface area contributed by atoms with Gasteiger partial charge in [0.25, 0.3) is 5.69 Å². The molecule has 0 aliphatic carbocycles. The van der Waals surface area contributed by atoms with Gasteiger partial charge in [-0.15, -0.1) is 11.3 Å². The Morgan fingerprint density at radius 1 is 1.35 bits per heavy atom. The van der Waals surface area contributed by atoms with Crippen molar-refractivity contribution in [1.82, 2.24) is 9.97 Å². The maximum Gasteiger partial charge on any atom is 0.278 e. The number of anilines is 1. The summed E-state index contributed by atoms with van der Waals surface area (Å²) in [5, 5.41) is 14.8. The fourth-order valence-corrected chi connectivity index (χ4v) is 2.51. The van der Waals surface area contributed by atoms with Crippen molar-refractivity contribution >= 4 is 33.6 Å². The maximum atomic E-state index is 11.0. The van der Waals surface area contributed by atoms with Crippen molar-refractivity contribution in [2.75, 3.05) is 5.32 Å². The van der Waals surface area contributed by atoms with E-state index in [9.17, 15) is 10.1 Å². The molecule has 0 aliphatic rings. The number of nitrogens with one attached hydrogen (secondary N) is 1. The van der Waals surface area contributed by atoms with Crippen LogP contribution in [0.25, 0.3) is 10.9 Å². The van der Waals surface area contributed by atoms with Gasteiger partial charge in [0.1, 0.15) is 5.52 Å². The van der Waals surface area contributed by atoms with Gasteiger partial charge in [-0.3, -0.25) is 20.1 Å². The number of hydrogen-bond donors (Lipinski definition) is 1. The van der Waals surface area contributed by atoms with E-state index in [4.69, 9.17) is 0 Å². The second-order valence-electron chi connectivity index (χ2n) is 4.11. The normalized spacial score (nSPS) is 10.6. The first kappa shape index (κ1) is 12.5. The van der Waals surface area contributed by atoms with E-state index in [1.807, 2.05) is 0 Å². The highest BCUT2D eigenvalue weighted by Crippen LogP contribution is 2.30. The fraction of sp³-hybridized carbons (Fsp3) is 0.0769. The summed E-state index contributed by atoms with van der Waals surface area (Å²) in [5.41, 5.74) is 3.21. The van der Waals surface area contributed by atoms with Crippen molar-refractivity contribution in [3.8, 4) is 0 Å². The lowest BCUT2D eigenvalue weighted by molar-refractivity contribution is -0.383. The SMILES string of the molecule is O=[N+]([O-])c1ccc(NCc2cncs2)c2ncccc12. The largest absolute Gasteiger partial charge is 0.378 e. The van der Waals surface area contributed by atoms with Gasteiger partial charge >= 0.3 is 0 Å². The van der Waals surface area contributed by atoms with Crippen LogP contribution in [0.15, 0.2) is 42.2 Å². The molecule has 0 saturated carbocycles. The van der Waals surface area contributed by atoms with Crippen molar-refractivity contribution < 1.29 is 4.92 Å². The van der Waals surface area contributed by atoms with Crippen LogP contribution < -0.4 is 5.32 Å². The third kappa shape index (κ3) is 2.30. The van der Waals surface area contributed by atoms with E-state index in [1.165, 1.54) is 6.07 Å². The topological polar surface area (TPSA) is 81.0 Å². The van der Waals surface area contributed by atoms with Crippen LogP contribution in [-0.2, 0) is 6.54 Å². The smallest absolute Gasteiger partial charge is 0.278 e. The number of nitro benzene ring substituents is 1. The standard InChI is InChI=1S/C13H10N4O2S/c18-17(19)12-4-3-11(13-10(12)2-1-5-15-13)16-7-9-6-14-8-20-9/h1-6,8,16H,7H2. The lowest BCUT2D eigenvalue weighted by Crippen LogP contribution is -2.00. The summed E-state index contributed by atoms with van der Waals surface area (Å²) in [6.07, 6.45) is 3.42. The Bertz CT molecular complexity index is 758. The van der Waals surface area contributed by atoms with E-state index in [0.717, 1.165) is 10.6 Å². The van der Waals surface area contributed by atoms with E-state index in [2.05, 4.69) is 15.3 Å². The average Bonchev–Trinajstić information content (AvgIpc) is 2.97. The number of rotatable bonds is 4. The molecule has 0 unspecified atom stereocenters. The number of hydrogen-bond acceptors (Lipinski definition) is 6. The number of thiazole rings is 1. The Balaban J connectivity index is 1.99. The first-order valence-corrected chi connectivity index (χ1v) is 6.77. The number of non-ortho nitro benzene ring substituents is 1. The van der Waals surface area contributed by atoms with E-state index in [0.29, 0.717) is 17.4 Å². The summed E-state index contributed by atoms with van der Waals surface area (Å²) in [6, 6.07) is 6.59. The number of nitrogens with zero attached hydrogens (tertiary/aromatic N) is 3. The monoisotopic (exact) mass is 286 g/mol. The molecule has 0 fully saturated rings. The van der Waals surface area contributed by atoms with E-state index in [1.54, 1.807) is 47.4 Å². The minimum atomic E-state index is -0.392. The highest BCUT2D eigenvalue weighted by molar-refractivity contribution is 7.09. The molecule has 6 nitrogen and oxygen atoms in total. The number of pyridine rings is 1. The molecule has 0 amide bonds. The van der Waals surface area contributed by atoms with E-state index >= 15 is 0 Å². The Morgan fingerprint density at radius 3 is 3.00 bits per heavy atom. The van der Waals surface area contributed by atoms with Crippen molar-refractivity contribution in [3.63, 3.8) is 0 Å². The van der Waals surface area contributed by atoms with E-state index in [-0.39, 0.29) is 5.69 Å². The summed E-state index contributed by atoms with van der Waals surface area (Å²) in [6.45, 7) is 0.619. The van der Waals surface area contributed by atoms with Gasteiger partial charge < -0.3 is 5.32 Å². The molecular formula is C13H10N4O2S. The van der Waals surface area contributed by atoms with Crippen LogP contribution in [0.3, 0.4) is 0 Å². The first-order valence-electron chi connectivity index (χ1n) is 5.89. The molecule has 0 radical (unpaired) electrons. The Morgan fingerprint density at radius 2 is 2.25 bits per heavy atom. The lowest BCUT2D eigenvalue weighted by Gasteiger charge is -2.08. The minimum absolute atomic E-state index is 0.0661. The second-order valence-corrected chi connectivity index (χ2v) is 5.08. The van der Waals surface area contributed by atoms with Crippen molar-refractivity contribution in [2.45, 2.75) is 6.54 Å².